The molecule has 3 atom stereocenters. The number of halogens is 1. The van der Waals surface area contributed by atoms with E-state index < -0.39 is 12.1 Å². The summed E-state index contributed by atoms with van der Waals surface area (Å²) in [6.07, 6.45) is 3.98. The quantitative estimate of drug-likeness (QED) is 0.587. The fourth-order valence-corrected chi connectivity index (χ4v) is 4.09. The maximum absolute atomic E-state index is 13.2. The Balaban J connectivity index is 1.33. The van der Waals surface area contributed by atoms with Gasteiger partial charge in [-0.05, 0) is 61.1 Å². The summed E-state index contributed by atoms with van der Waals surface area (Å²) in [5, 5.41) is 8.95. The van der Waals surface area contributed by atoms with Crippen LogP contribution in [0.1, 0.15) is 42.6 Å². The van der Waals surface area contributed by atoms with Crippen LogP contribution in [0.4, 0.5) is 10.2 Å². The van der Waals surface area contributed by atoms with Crippen LogP contribution in [0.2, 0.25) is 0 Å². The Hall–Kier alpha value is -3.26. The summed E-state index contributed by atoms with van der Waals surface area (Å²) < 4.78 is 13.2. The van der Waals surface area contributed by atoms with E-state index in [1.165, 1.54) is 12.1 Å². The fourth-order valence-electron chi connectivity index (χ4n) is 4.09. The number of benzene rings is 1. The third kappa shape index (κ3) is 4.74. The second kappa shape index (κ2) is 8.85. The van der Waals surface area contributed by atoms with Gasteiger partial charge in [0.2, 0.25) is 11.8 Å². The van der Waals surface area contributed by atoms with Crippen molar-refractivity contribution in [1.29, 1.82) is 0 Å². The molecule has 1 aliphatic heterocycles. The molecular formula is C23H26FN5O2. The highest BCUT2D eigenvalue weighted by molar-refractivity contribution is 5.91. The van der Waals surface area contributed by atoms with E-state index in [2.05, 4.69) is 20.9 Å². The van der Waals surface area contributed by atoms with E-state index in [9.17, 15) is 14.0 Å². The smallest absolute Gasteiger partial charge is 0.242 e. The molecule has 5 N–H and O–H groups in total. The monoisotopic (exact) mass is 423 g/mol. The highest BCUT2D eigenvalue weighted by atomic mass is 19.1. The second-order valence-corrected chi connectivity index (χ2v) is 8.00. The number of nitrogen functional groups attached to an aromatic ring is 1. The van der Waals surface area contributed by atoms with Crippen molar-refractivity contribution in [3.05, 3.63) is 65.1 Å². The number of carbonyl (C=O) groups is 2. The molecule has 0 radical (unpaired) electrons. The molecule has 162 valence electrons. The number of nitrogens with two attached hydrogens (primary N) is 1. The molecule has 2 aromatic rings. The van der Waals surface area contributed by atoms with E-state index in [4.69, 9.17) is 5.73 Å². The Bertz CT molecular complexity index is 1020. The van der Waals surface area contributed by atoms with Crippen molar-refractivity contribution in [3.8, 4) is 0 Å². The number of nitrogens with one attached hydrogen (secondary N) is 3. The first kappa shape index (κ1) is 21.0. The third-order valence-corrected chi connectivity index (χ3v) is 5.81. The molecule has 31 heavy (non-hydrogen) atoms. The van der Waals surface area contributed by atoms with Crippen LogP contribution in [0.15, 0.2) is 42.5 Å². The molecule has 0 saturated carbocycles. The van der Waals surface area contributed by atoms with Gasteiger partial charge < -0.3 is 21.7 Å². The maximum Gasteiger partial charge on any atom is 0.242 e. The van der Waals surface area contributed by atoms with Crippen LogP contribution in [0.3, 0.4) is 0 Å². The molecule has 0 saturated heterocycles. The lowest BCUT2D eigenvalue weighted by Gasteiger charge is -2.26. The number of fused-ring (bicyclic) bond motifs is 1. The van der Waals surface area contributed by atoms with Crippen molar-refractivity contribution in [2.75, 3.05) is 12.3 Å². The Kier molecular flexibility index (Phi) is 5.99. The second-order valence-electron chi connectivity index (χ2n) is 8.00. The number of nitrogens with zero attached hydrogens (tertiary/aromatic N) is 1. The molecule has 2 aliphatic rings. The topological polar surface area (TPSA) is 109 Å². The van der Waals surface area contributed by atoms with Crippen molar-refractivity contribution < 1.29 is 14.0 Å². The molecule has 7 nitrogen and oxygen atoms in total. The average molecular weight is 423 g/mol. The number of anilines is 1. The van der Waals surface area contributed by atoms with Gasteiger partial charge in [-0.25, -0.2) is 9.37 Å². The summed E-state index contributed by atoms with van der Waals surface area (Å²) in [4.78, 5) is 29.8. The summed E-state index contributed by atoms with van der Waals surface area (Å²) in [7, 11) is 0. The zero-order valence-electron chi connectivity index (χ0n) is 17.3. The van der Waals surface area contributed by atoms with Gasteiger partial charge in [0.25, 0.3) is 0 Å². The van der Waals surface area contributed by atoms with Gasteiger partial charge in [0.05, 0.1) is 12.1 Å². The number of aromatic nitrogens is 1. The summed E-state index contributed by atoms with van der Waals surface area (Å²) >= 11 is 0. The van der Waals surface area contributed by atoms with Gasteiger partial charge in [-0.2, -0.15) is 0 Å². The van der Waals surface area contributed by atoms with E-state index in [1.807, 2.05) is 12.1 Å². The van der Waals surface area contributed by atoms with Gasteiger partial charge >= 0.3 is 0 Å². The van der Waals surface area contributed by atoms with Gasteiger partial charge in [-0.3, -0.25) is 9.59 Å². The highest BCUT2D eigenvalue weighted by Crippen LogP contribution is 2.30. The lowest BCUT2D eigenvalue weighted by Crippen LogP contribution is -2.52. The van der Waals surface area contributed by atoms with Crippen LogP contribution in [0.5, 0.6) is 0 Å². The zero-order valence-corrected chi connectivity index (χ0v) is 17.3. The molecule has 2 heterocycles. The molecule has 0 bridgehead atoms. The summed E-state index contributed by atoms with van der Waals surface area (Å²) in [6, 6.07) is 8.59. The molecule has 4 rings (SSSR count). The first-order chi connectivity index (χ1) is 14.9. The van der Waals surface area contributed by atoms with Crippen LogP contribution < -0.4 is 21.7 Å². The summed E-state index contributed by atoms with van der Waals surface area (Å²) in [5.74, 6) is -0.304. The predicted molar refractivity (Wildman–Crippen MR) is 116 cm³/mol. The van der Waals surface area contributed by atoms with Gasteiger partial charge in [-0.15, -0.1) is 0 Å². The number of pyridine rings is 1. The summed E-state index contributed by atoms with van der Waals surface area (Å²) in [5.41, 5.74) is 9.49. The molecule has 0 fully saturated rings. The van der Waals surface area contributed by atoms with Gasteiger partial charge in [0.15, 0.2) is 0 Å². The zero-order chi connectivity index (χ0) is 22.0. The van der Waals surface area contributed by atoms with Crippen molar-refractivity contribution in [2.45, 2.75) is 44.3 Å². The van der Waals surface area contributed by atoms with Crippen LogP contribution in [-0.2, 0) is 16.0 Å². The molecule has 0 spiro atoms. The number of carbonyl (C=O) groups excluding carboxylic acids is 2. The van der Waals surface area contributed by atoms with E-state index >= 15 is 0 Å². The van der Waals surface area contributed by atoms with Crippen LogP contribution in [0.25, 0.3) is 5.57 Å². The SMILES string of the molecule is CC(NC(=O)C1CC(c2ccc(F)cc2)=CCN1)C(=O)NC1CCc2nc(N)ccc21. The molecular weight excluding hydrogens is 397 g/mol. The van der Waals surface area contributed by atoms with Crippen LogP contribution >= 0.6 is 0 Å². The van der Waals surface area contributed by atoms with Gasteiger partial charge in [0.1, 0.15) is 17.7 Å². The lowest BCUT2D eigenvalue weighted by molar-refractivity contribution is -0.130. The highest BCUT2D eigenvalue weighted by Gasteiger charge is 2.29. The van der Waals surface area contributed by atoms with Gasteiger partial charge in [-0.1, -0.05) is 24.3 Å². The van der Waals surface area contributed by atoms with E-state index in [1.54, 1.807) is 25.1 Å². The van der Waals surface area contributed by atoms with Crippen molar-refractivity contribution in [2.24, 2.45) is 0 Å². The summed E-state index contributed by atoms with van der Waals surface area (Å²) in [6.45, 7) is 2.20. The van der Waals surface area contributed by atoms with E-state index in [0.717, 1.165) is 35.2 Å². The minimum Gasteiger partial charge on any atom is -0.384 e. The van der Waals surface area contributed by atoms with Crippen LogP contribution in [0, 0.1) is 5.82 Å². The van der Waals surface area contributed by atoms with E-state index in [-0.39, 0.29) is 23.7 Å². The minimum absolute atomic E-state index is 0.129. The first-order valence-corrected chi connectivity index (χ1v) is 10.4. The molecule has 1 aromatic heterocycles. The largest absolute Gasteiger partial charge is 0.384 e. The Morgan fingerprint density at radius 3 is 2.77 bits per heavy atom. The minimum atomic E-state index is -0.680. The Morgan fingerprint density at radius 1 is 1.23 bits per heavy atom. The maximum atomic E-state index is 13.2. The normalized spacial score (nSPS) is 21.0. The Morgan fingerprint density at radius 2 is 2.00 bits per heavy atom. The Labute approximate surface area is 180 Å². The lowest BCUT2D eigenvalue weighted by atomic mass is 9.95. The molecule has 1 aromatic carbocycles. The number of amides is 2. The molecule has 2 amide bonds. The van der Waals surface area contributed by atoms with Crippen molar-refractivity contribution in [3.63, 3.8) is 0 Å². The average Bonchev–Trinajstić information content (AvgIpc) is 3.15. The van der Waals surface area contributed by atoms with Gasteiger partial charge in [0, 0.05) is 12.2 Å². The molecule has 1 aliphatic carbocycles. The van der Waals surface area contributed by atoms with Crippen LogP contribution in [-0.4, -0.2) is 35.4 Å². The number of hydrogen-bond acceptors (Lipinski definition) is 5. The third-order valence-electron chi connectivity index (χ3n) is 5.81. The van der Waals surface area contributed by atoms with Crippen molar-refractivity contribution >= 4 is 23.2 Å². The standard InChI is InChI=1S/C23H26FN5O2/c1-13(22(30)29-19-8-7-18-17(19)6-9-21(25)28-18)27-23(31)20-12-15(10-11-26-20)14-2-4-16(24)5-3-14/h2-6,9-10,13,19-20,26H,7-8,11-12H2,1H3,(H2,25,28)(H,27,31)(H,29,30). The van der Waals surface area contributed by atoms with E-state index in [0.29, 0.717) is 18.8 Å². The van der Waals surface area contributed by atoms with Crippen molar-refractivity contribution in [1.82, 2.24) is 20.9 Å². The molecule has 3 unspecified atom stereocenters. The number of aryl methyl sites for hydroxylation is 1. The number of hydrogen-bond donors (Lipinski definition) is 4. The number of rotatable bonds is 5. The predicted octanol–water partition coefficient (Wildman–Crippen LogP) is 1.86. The molecule has 8 heteroatoms. The first-order valence-electron chi connectivity index (χ1n) is 10.4. The fraction of sp³-hybridized carbons (Fsp3) is 0.348.